The lowest BCUT2D eigenvalue weighted by Gasteiger charge is -2.41. The fourth-order valence-electron chi connectivity index (χ4n) is 4.10. The Labute approximate surface area is 152 Å². The highest BCUT2D eigenvalue weighted by atomic mass is 16.5. The number of benzene rings is 1. The average Bonchev–Trinajstić information content (AvgIpc) is 3.19. The molecule has 4 heteroatoms. The summed E-state index contributed by atoms with van der Waals surface area (Å²) in [5.74, 6) is 0.973. The number of aromatic nitrogens is 3. The summed E-state index contributed by atoms with van der Waals surface area (Å²) in [4.78, 5) is 7.88. The van der Waals surface area contributed by atoms with Crippen molar-refractivity contribution in [1.29, 1.82) is 0 Å². The lowest BCUT2D eigenvalue weighted by molar-refractivity contribution is -0.0103. The van der Waals surface area contributed by atoms with Crippen LogP contribution in [0.3, 0.4) is 0 Å². The summed E-state index contributed by atoms with van der Waals surface area (Å²) < 4.78 is 8.60. The van der Waals surface area contributed by atoms with Crippen LogP contribution in [0.2, 0.25) is 0 Å². The van der Waals surface area contributed by atoms with E-state index in [-0.39, 0.29) is 5.60 Å². The first kappa shape index (κ1) is 15.5. The summed E-state index contributed by atoms with van der Waals surface area (Å²) in [7, 11) is 2.09. The molecule has 4 aromatic rings. The van der Waals surface area contributed by atoms with Gasteiger partial charge in [0.05, 0.1) is 0 Å². The van der Waals surface area contributed by atoms with Gasteiger partial charge < -0.3 is 14.3 Å². The van der Waals surface area contributed by atoms with E-state index in [4.69, 9.17) is 4.74 Å². The highest BCUT2D eigenvalue weighted by Crippen LogP contribution is 2.41. The zero-order valence-electron chi connectivity index (χ0n) is 15.2. The molecule has 1 aliphatic carbocycles. The molecule has 3 aromatic heterocycles. The van der Waals surface area contributed by atoms with Gasteiger partial charge in [0.2, 0.25) is 0 Å². The third kappa shape index (κ3) is 2.32. The molecule has 0 bridgehead atoms. The van der Waals surface area contributed by atoms with Crippen molar-refractivity contribution in [2.45, 2.75) is 38.2 Å². The second-order valence-electron chi connectivity index (χ2n) is 7.45. The smallest absolute Gasteiger partial charge is 0.137 e. The Balaban J connectivity index is 1.62. The molecule has 5 rings (SSSR count). The lowest BCUT2D eigenvalue weighted by Crippen LogP contribution is -2.42. The molecule has 0 aliphatic heterocycles. The second kappa shape index (κ2) is 5.63. The highest BCUT2D eigenvalue weighted by Gasteiger charge is 2.37. The number of nitrogens with one attached hydrogen (secondary N) is 1. The molecule has 132 valence electrons. The Hall–Kier alpha value is -2.75. The van der Waals surface area contributed by atoms with Crippen molar-refractivity contribution >= 4 is 21.9 Å². The minimum Gasteiger partial charge on any atom is -0.487 e. The number of aromatic amines is 1. The Morgan fingerprint density at radius 3 is 2.85 bits per heavy atom. The predicted octanol–water partition coefficient (Wildman–Crippen LogP) is 5.43. The van der Waals surface area contributed by atoms with Crippen molar-refractivity contribution in [2.75, 3.05) is 0 Å². The molecule has 1 aromatic carbocycles. The van der Waals surface area contributed by atoms with Gasteiger partial charge in [-0.05, 0) is 62.1 Å². The summed E-state index contributed by atoms with van der Waals surface area (Å²) in [6.45, 7) is 2.23. The average molecular weight is 345 g/mol. The predicted molar refractivity (Wildman–Crippen MR) is 106 cm³/mol. The first-order valence-electron chi connectivity index (χ1n) is 9.40. The molecule has 1 N–H and O–H groups in total. The van der Waals surface area contributed by atoms with Crippen LogP contribution in [-0.2, 0) is 7.05 Å². The number of rotatable bonds is 4. The van der Waals surface area contributed by atoms with Crippen LogP contribution in [0.15, 0.2) is 48.8 Å². The van der Waals surface area contributed by atoms with Crippen molar-refractivity contribution in [2.24, 2.45) is 7.05 Å². The molecule has 0 spiro atoms. The third-order valence-electron chi connectivity index (χ3n) is 5.89. The maximum atomic E-state index is 6.42. The maximum absolute atomic E-state index is 6.42. The Morgan fingerprint density at radius 1 is 1.23 bits per heavy atom. The van der Waals surface area contributed by atoms with E-state index < -0.39 is 0 Å². The van der Waals surface area contributed by atoms with Crippen molar-refractivity contribution in [3.63, 3.8) is 0 Å². The first-order chi connectivity index (χ1) is 12.7. The van der Waals surface area contributed by atoms with Crippen molar-refractivity contribution < 1.29 is 4.74 Å². The van der Waals surface area contributed by atoms with Crippen LogP contribution in [-0.4, -0.2) is 20.1 Å². The zero-order chi connectivity index (χ0) is 17.7. The molecule has 3 heterocycles. The number of nitrogens with zero attached hydrogens (tertiary/aromatic N) is 2. The van der Waals surface area contributed by atoms with Gasteiger partial charge in [0.1, 0.15) is 17.0 Å². The van der Waals surface area contributed by atoms with Gasteiger partial charge >= 0.3 is 0 Å². The van der Waals surface area contributed by atoms with E-state index in [0.717, 1.165) is 41.7 Å². The maximum Gasteiger partial charge on any atom is 0.137 e. The fraction of sp³-hybridized carbons (Fsp3) is 0.318. The summed E-state index contributed by atoms with van der Waals surface area (Å²) in [6.07, 6.45) is 8.67. The van der Waals surface area contributed by atoms with E-state index in [2.05, 4.69) is 65.0 Å². The van der Waals surface area contributed by atoms with Gasteiger partial charge in [0.15, 0.2) is 0 Å². The summed E-state index contributed by atoms with van der Waals surface area (Å²) >= 11 is 0. The number of ether oxygens (including phenoxy) is 1. The van der Waals surface area contributed by atoms with Crippen molar-refractivity contribution in [3.05, 3.63) is 48.8 Å². The van der Waals surface area contributed by atoms with E-state index in [1.807, 2.05) is 12.3 Å². The van der Waals surface area contributed by atoms with E-state index in [1.54, 1.807) is 0 Å². The van der Waals surface area contributed by atoms with Crippen LogP contribution in [0, 0.1) is 0 Å². The van der Waals surface area contributed by atoms with E-state index in [1.165, 1.54) is 22.9 Å². The van der Waals surface area contributed by atoms with Gasteiger partial charge in [0.25, 0.3) is 0 Å². The standard InChI is InChI=1S/C22H23N3O/c1-3-22(9-5-10-22)26-16-7-8-20-17(13-16)18(14-25(20)2)19-12-15-6-4-11-23-21(15)24-19/h4,6-8,11-14H,3,5,9-10H2,1-2H3,(H,23,24). The molecule has 26 heavy (non-hydrogen) atoms. The summed E-state index contributed by atoms with van der Waals surface area (Å²) in [5.41, 5.74) is 4.46. The van der Waals surface area contributed by atoms with E-state index >= 15 is 0 Å². The van der Waals surface area contributed by atoms with Gasteiger partial charge in [-0.2, -0.15) is 0 Å². The molecule has 0 atom stereocenters. The zero-order valence-corrected chi connectivity index (χ0v) is 15.2. The Bertz CT molecular complexity index is 1060. The third-order valence-corrected chi connectivity index (χ3v) is 5.89. The fourth-order valence-corrected chi connectivity index (χ4v) is 4.10. The SMILES string of the molecule is CCC1(Oc2ccc3c(c2)c(-c2cc4cccnc4[nH]2)cn3C)CCC1. The van der Waals surface area contributed by atoms with Crippen molar-refractivity contribution in [1.82, 2.24) is 14.5 Å². The monoisotopic (exact) mass is 345 g/mol. The highest BCUT2D eigenvalue weighted by molar-refractivity contribution is 5.98. The minimum atomic E-state index is 0.0493. The van der Waals surface area contributed by atoms with Crippen LogP contribution in [0.5, 0.6) is 5.75 Å². The molecule has 4 nitrogen and oxygen atoms in total. The van der Waals surface area contributed by atoms with E-state index in [9.17, 15) is 0 Å². The first-order valence-corrected chi connectivity index (χ1v) is 9.40. The van der Waals surface area contributed by atoms with Gasteiger partial charge in [-0.1, -0.05) is 6.92 Å². The molecular formula is C22H23N3O. The van der Waals surface area contributed by atoms with Gasteiger partial charge in [-0.3, -0.25) is 0 Å². The largest absolute Gasteiger partial charge is 0.487 e. The molecule has 0 unspecified atom stereocenters. The van der Waals surface area contributed by atoms with Crippen LogP contribution < -0.4 is 4.74 Å². The Morgan fingerprint density at radius 2 is 2.12 bits per heavy atom. The number of aryl methyl sites for hydroxylation is 1. The molecule has 0 saturated heterocycles. The molecular weight excluding hydrogens is 322 g/mol. The Kier molecular flexibility index (Phi) is 3.36. The van der Waals surface area contributed by atoms with Gasteiger partial charge in [0, 0.05) is 47.0 Å². The van der Waals surface area contributed by atoms with Crippen LogP contribution in [0.4, 0.5) is 0 Å². The van der Waals surface area contributed by atoms with Gasteiger partial charge in [-0.25, -0.2) is 4.98 Å². The molecule has 1 aliphatic rings. The normalized spacial score (nSPS) is 16.1. The number of hydrogen-bond donors (Lipinski definition) is 1. The van der Waals surface area contributed by atoms with E-state index in [0.29, 0.717) is 0 Å². The second-order valence-corrected chi connectivity index (χ2v) is 7.45. The molecule has 1 saturated carbocycles. The van der Waals surface area contributed by atoms with Crippen LogP contribution in [0.1, 0.15) is 32.6 Å². The summed E-state index contributed by atoms with van der Waals surface area (Å²) in [6, 6.07) is 12.7. The van der Waals surface area contributed by atoms with Crippen molar-refractivity contribution in [3.8, 4) is 17.0 Å². The molecule has 0 radical (unpaired) electrons. The number of fused-ring (bicyclic) bond motifs is 2. The number of pyridine rings is 1. The molecule has 0 amide bonds. The lowest BCUT2D eigenvalue weighted by atomic mass is 9.78. The minimum absolute atomic E-state index is 0.0493. The topological polar surface area (TPSA) is 42.8 Å². The van der Waals surface area contributed by atoms with Crippen LogP contribution >= 0.6 is 0 Å². The van der Waals surface area contributed by atoms with Crippen LogP contribution in [0.25, 0.3) is 33.2 Å². The quantitative estimate of drug-likeness (QED) is 0.536. The van der Waals surface area contributed by atoms with Gasteiger partial charge in [-0.15, -0.1) is 0 Å². The number of hydrogen-bond acceptors (Lipinski definition) is 2. The molecule has 1 fully saturated rings. The number of H-pyrrole nitrogens is 1. The summed E-state index contributed by atoms with van der Waals surface area (Å²) in [5, 5.41) is 2.34.